The van der Waals surface area contributed by atoms with Gasteiger partial charge in [0.2, 0.25) is 5.89 Å². The van der Waals surface area contributed by atoms with Gasteiger partial charge in [0.05, 0.1) is 6.20 Å². The number of pyridine rings is 2. The highest BCUT2D eigenvalue weighted by Gasteiger charge is 2.24. The third-order valence-electron chi connectivity index (χ3n) is 7.31. The number of hydrogen-bond acceptors (Lipinski definition) is 10. The fourth-order valence-corrected chi connectivity index (χ4v) is 5.19. The first-order valence-corrected chi connectivity index (χ1v) is 13.3. The quantitative estimate of drug-likeness (QED) is 0.307. The summed E-state index contributed by atoms with van der Waals surface area (Å²) >= 11 is 0. The van der Waals surface area contributed by atoms with Crippen LogP contribution >= 0.6 is 0 Å². The average molecular weight is 538 g/mol. The van der Waals surface area contributed by atoms with E-state index in [1.54, 1.807) is 6.20 Å². The van der Waals surface area contributed by atoms with Gasteiger partial charge in [-0.3, -0.25) is 4.79 Å². The molecule has 5 aromatic heterocycles. The van der Waals surface area contributed by atoms with Crippen LogP contribution in [-0.2, 0) is 6.42 Å². The number of hydrogen-bond donors (Lipinski definition) is 1. The van der Waals surface area contributed by atoms with E-state index >= 15 is 0 Å². The molecule has 0 radical (unpaired) electrons. The molecule has 6 heterocycles. The molecule has 0 unspecified atom stereocenters. The number of imidazole rings is 1. The van der Waals surface area contributed by atoms with E-state index in [1.165, 1.54) is 12.5 Å². The Labute approximate surface area is 231 Å². The zero-order valence-electron chi connectivity index (χ0n) is 22.8. The smallest absolute Gasteiger partial charge is 0.247 e. The van der Waals surface area contributed by atoms with E-state index in [-0.39, 0.29) is 29.6 Å². The summed E-state index contributed by atoms with van der Waals surface area (Å²) < 4.78 is 7.48. The predicted octanol–water partition coefficient (Wildman–Crippen LogP) is 3.69. The maximum atomic E-state index is 13.4. The zero-order valence-corrected chi connectivity index (χ0v) is 22.8. The summed E-state index contributed by atoms with van der Waals surface area (Å²) in [5.41, 5.74) is 10.6. The molecule has 11 nitrogen and oxygen atoms in total. The lowest BCUT2D eigenvalue weighted by molar-refractivity contribution is 0.0978. The highest BCUT2D eigenvalue weighted by atomic mass is 16.3. The summed E-state index contributed by atoms with van der Waals surface area (Å²) in [4.78, 5) is 40.9. The molecule has 0 aliphatic carbocycles. The van der Waals surface area contributed by atoms with Crippen molar-refractivity contribution in [1.29, 1.82) is 0 Å². The molecule has 11 heteroatoms. The van der Waals surface area contributed by atoms with E-state index in [1.807, 2.05) is 47.9 Å². The molecule has 1 aliphatic heterocycles. The highest BCUT2D eigenvalue weighted by Crippen LogP contribution is 2.31. The maximum Gasteiger partial charge on any atom is 0.247 e. The van der Waals surface area contributed by atoms with Gasteiger partial charge in [-0.15, -0.1) is 0 Å². The van der Waals surface area contributed by atoms with Crippen molar-refractivity contribution in [2.45, 2.75) is 32.7 Å². The first-order chi connectivity index (χ1) is 19.4. The van der Waals surface area contributed by atoms with Crippen LogP contribution in [0.5, 0.6) is 0 Å². The molecule has 0 amide bonds. The molecule has 40 heavy (non-hydrogen) atoms. The summed E-state index contributed by atoms with van der Waals surface area (Å²) in [6.07, 6.45) is 7.36. The Morgan fingerprint density at radius 3 is 2.77 bits per heavy atom. The number of Topliss-reactive ketones (excluding diaryl/α,β-unsaturated/α-hetero) is 1. The molecular weight excluding hydrogens is 506 g/mol. The zero-order chi connectivity index (χ0) is 27.8. The van der Waals surface area contributed by atoms with Crippen molar-refractivity contribution in [3.63, 3.8) is 0 Å². The molecule has 0 bridgehead atoms. The third kappa shape index (κ3) is 4.91. The fraction of sp³-hybridized carbons (Fsp3) is 0.310. The standard InChI is InChI=1S/C29H31N9O2/c1-18-15-32-23-10-7-20(17-38(18)23)25-27(29-31-11-14-40-29)35-28(30)26(34-25)22(39)9-8-21-5-4-6-24(33-21)37-13-12-36(3)16-19(37)2/h4-7,10-11,14-15,17,19H,8-9,12-13,16H2,1-3H3,(H2,30,35)/t19-/m0/s1. The number of piperazine rings is 1. The van der Waals surface area contributed by atoms with Gasteiger partial charge >= 0.3 is 0 Å². The Balaban J connectivity index is 1.28. The molecular formula is C29H31N9O2. The largest absolute Gasteiger partial charge is 0.443 e. The van der Waals surface area contributed by atoms with E-state index in [2.05, 4.69) is 38.7 Å². The lowest BCUT2D eigenvalue weighted by atomic mass is 10.1. The molecule has 204 valence electrons. The molecule has 1 aliphatic rings. The molecule has 5 aromatic rings. The van der Waals surface area contributed by atoms with Crippen LogP contribution in [0.3, 0.4) is 0 Å². The molecule has 0 spiro atoms. The van der Waals surface area contributed by atoms with Gasteiger partial charge in [0.25, 0.3) is 0 Å². The van der Waals surface area contributed by atoms with E-state index < -0.39 is 0 Å². The number of ketones is 1. The Hall–Kier alpha value is -4.64. The SMILES string of the molecule is Cc1cnc2ccc(-c3nc(C(=O)CCc4cccc(N5CCN(C)C[C@@H]5C)n4)c(N)nc3-c3ncco3)cn12. The van der Waals surface area contributed by atoms with E-state index in [4.69, 9.17) is 20.1 Å². The normalized spacial score (nSPS) is 16.1. The van der Waals surface area contributed by atoms with Crippen molar-refractivity contribution in [1.82, 2.24) is 34.2 Å². The number of nitrogens with zero attached hydrogens (tertiary/aromatic N) is 8. The first-order valence-electron chi connectivity index (χ1n) is 13.3. The van der Waals surface area contributed by atoms with Gasteiger partial charge in [-0.2, -0.15) is 0 Å². The minimum absolute atomic E-state index is 0.0369. The number of likely N-dealkylation sites (N-methyl/N-ethyl adjacent to an activating group) is 1. The van der Waals surface area contributed by atoms with Crippen molar-refractivity contribution in [3.8, 4) is 22.8 Å². The number of anilines is 2. The number of oxazole rings is 1. The topological polar surface area (TPSA) is 132 Å². The number of rotatable bonds is 7. The number of aryl methyl sites for hydroxylation is 2. The molecule has 1 saturated heterocycles. The lowest BCUT2D eigenvalue weighted by Crippen LogP contribution is -2.50. The minimum atomic E-state index is -0.203. The summed E-state index contributed by atoms with van der Waals surface area (Å²) in [5.74, 6) is 1.04. The van der Waals surface area contributed by atoms with Crippen molar-refractivity contribution in [2.75, 3.05) is 37.3 Å². The first kappa shape index (κ1) is 25.6. The summed E-state index contributed by atoms with van der Waals surface area (Å²) in [7, 11) is 2.14. The number of carbonyl (C=O) groups is 1. The molecule has 1 atom stereocenters. The second kappa shape index (κ2) is 10.5. The minimum Gasteiger partial charge on any atom is -0.443 e. The number of nitrogen functional groups attached to an aromatic ring is 1. The Morgan fingerprint density at radius 2 is 1.98 bits per heavy atom. The van der Waals surface area contributed by atoms with Crippen molar-refractivity contribution >= 4 is 23.1 Å². The van der Waals surface area contributed by atoms with Gasteiger partial charge in [-0.25, -0.2) is 24.9 Å². The number of nitrogens with two attached hydrogens (primary N) is 1. The van der Waals surface area contributed by atoms with Crippen LogP contribution in [0.15, 0.2) is 59.6 Å². The maximum absolute atomic E-state index is 13.4. The van der Waals surface area contributed by atoms with Gasteiger partial charge in [-0.1, -0.05) is 6.07 Å². The van der Waals surface area contributed by atoms with Crippen molar-refractivity contribution in [2.24, 2.45) is 0 Å². The van der Waals surface area contributed by atoms with Crippen molar-refractivity contribution in [3.05, 3.63) is 72.3 Å². The van der Waals surface area contributed by atoms with Crippen LogP contribution < -0.4 is 10.6 Å². The van der Waals surface area contributed by atoms with E-state index in [9.17, 15) is 4.79 Å². The monoisotopic (exact) mass is 537 g/mol. The Kier molecular flexibility index (Phi) is 6.72. The second-order valence-electron chi connectivity index (χ2n) is 10.3. The van der Waals surface area contributed by atoms with E-state index in [0.717, 1.165) is 48.1 Å². The number of aromatic nitrogens is 6. The Morgan fingerprint density at radius 1 is 1.10 bits per heavy atom. The molecule has 0 aromatic carbocycles. The number of carbonyl (C=O) groups excluding carboxylic acids is 1. The summed E-state index contributed by atoms with van der Waals surface area (Å²) in [6.45, 7) is 7.08. The van der Waals surface area contributed by atoms with Crippen LogP contribution in [0.2, 0.25) is 0 Å². The highest BCUT2D eigenvalue weighted by molar-refractivity contribution is 5.99. The second-order valence-corrected chi connectivity index (χ2v) is 10.3. The van der Waals surface area contributed by atoms with Crippen LogP contribution in [0.25, 0.3) is 28.5 Å². The van der Waals surface area contributed by atoms with Crippen LogP contribution in [0.1, 0.15) is 35.2 Å². The molecule has 2 N–H and O–H groups in total. The van der Waals surface area contributed by atoms with Crippen molar-refractivity contribution < 1.29 is 9.21 Å². The lowest BCUT2D eigenvalue weighted by Gasteiger charge is -2.39. The van der Waals surface area contributed by atoms with E-state index in [0.29, 0.717) is 23.9 Å². The van der Waals surface area contributed by atoms with Gasteiger partial charge in [0.1, 0.15) is 29.1 Å². The Bertz CT molecular complexity index is 1680. The summed E-state index contributed by atoms with van der Waals surface area (Å²) in [6, 6.07) is 10.1. The summed E-state index contributed by atoms with van der Waals surface area (Å²) in [5, 5.41) is 0. The number of fused-ring (bicyclic) bond motifs is 1. The molecule has 0 saturated carbocycles. The van der Waals surface area contributed by atoms with Crippen LogP contribution in [0.4, 0.5) is 11.6 Å². The van der Waals surface area contributed by atoms with Crippen LogP contribution in [0, 0.1) is 6.92 Å². The molecule has 1 fully saturated rings. The predicted molar refractivity (Wildman–Crippen MR) is 152 cm³/mol. The average Bonchev–Trinajstić information content (AvgIpc) is 3.62. The van der Waals surface area contributed by atoms with Gasteiger partial charge in [0.15, 0.2) is 17.3 Å². The van der Waals surface area contributed by atoms with Crippen LogP contribution in [-0.4, -0.2) is 72.7 Å². The molecule has 6 rings (SSSR count). The van der Waals surface area contributed by atoms with Gasteiger partial charge < -0.3 is 24.4 Å². The third-order valence-corrected chi connectivity index (χ3v) is 7.31. The van der Waals surface area contributed by atoms with Gasteiger partial charge in [0, 0.05) is 61.4 Å². The van der Waals surface area contributed by atoms with Gasteiger partial charge in [-0.05, 0) is 51.6 Å². The fourth-order valence-electron chi connectivity index (χ4n) is 5.19.